The highest BCUT2D eigenvalue weighted by molar-refractivity contribution is 5.90. The van der Waals surface area contributed by atoms with Gasteiger partial charge < -0.3 is 4.74 Å². The van der Waals surface area contributed by atoms with Crippen LogP contribution in [0, 0.1) is 0 Å². The van der Waals surface area contributed by atoms with Gasteiger partial charge in [0.15, 0.2) is 5.65 Å². The monoisotopic (exact) mass is 305 g/mol. The Labute approximate surface area is 132 Å². The van der Waals surface area contributed by atoms with Gasteiger partial charge in [-0.15, -0.1) is 0 Å². The molecule has 0 spiro atoms. The molecule has 0 aliphatic carbocycles. The van der Waals surface area contributed by atoms with Crippen LogP contribution in [0.5, 0.6) is 5.75 Å². The number of rotatable bonds is 4. The SMILES string of the molecule is COc1ccc(Cn2cc(-c3[nH]nc4ncccc34)cn2)cc1. The van der Waals surface area contributed by atoms with Gasteiger partial charge in [-0.3, -0.25) is 9.78 Å². The molecule has 0 unspecified atom stereocenters. The Morgan fingerprint density at radius 2 is 2.04 bits per heavy atom. The molecule has 0 fully saturated rings. The molecule has 0 amide bonds. The lowest BCUT2D eigenvalue weighted by molar-refractivity contribution is 0.414. The smallest absolute Gasteiger partial charge is 0.181 e. The van der Waals surface area contributed by atoms with E-state index < -0.39 is 0 Å². The average molecular weight is 305 g/mol. The van der Waals surface area contributed by atoms with Crippen molar-refractivity contribution in [3.8, 4) is 17.0 Å². The lowest BCUT2D eigenvalue weighted by Gasteiger charge is -2.03. The molecule has 4 aromatic rings. The molecule has 0 radical (unpaired) electrons. The van der Waals surface area contributed by atoms with E-state index >= 15 is 0 Å². The first-order valence-electron chi connectivity index (χ1n) is 7.28. The second kappa shape index (κ2) is 5.57. The number of fused-ring (bicyclic) bond motifs is 1. The standard InChI is InChI=1S/C17H15N5O/c1-23-14-6-4-12(5-7-14)10-22-11-13(9-19-22)16-15-3-2-8-18-17(15)21-20-16/h2-9,11H,10H2,1H3,(H,18,20,21). The number of hydrogen-bond donors (Lipinski definition) is 1. The molecule has 0 aliphatic rings. The van der Waals surface area contributed by atoms with Gasteiger partial charge in [0.05, 0.1) is 25.5 Å². The number of ether oxygens (including phenoxy) is 1. The van der Waals surface area contributed by atoms with E-state index in [-0.39, 0.29) is 0 Å². The van der Waals surface area contributed by atoms with Gasteiger partial charge in [-0.25, -0.2) is 4.98 Å². The van der Waals surface area contributed by atoms with Gasteiger partial charge in [0, 0.05) is 23.3 Å². The largest absolute Gasteiger partial charge is 0.497 e. The van der Waals surface area contributed by atoms with E-state index in [1.54, 1.807) is 13.3 Å². The fourth-order valence-electron chi connectivity index (χ4n) is 2.57. The number of aromatic nitrogens is 5. The third-order valence-electron chi connectivity index (χ3n) is 3.76. The van der Waals surface area contributed by atoms with Crippen molar-refractivity contribution in [2.45, 2.75) is 6.54 Å². The molecule has 1 N–H and O–H groups in total. The topological polar surface area (TPSA) is 68.6 Å². The summed E-state index contributed by atoms with van der Waals surface area (Å²) in [7, 11) is 1.67. The summed E-state index contributed by atoms with van der Waals surface area (Å²) < 4.78 is 7.08. The van der Waals surface area contributed by atoms with Crippen LogP contribution in [0.15, 0.2) is 55.0 Å². The predicted octanol–water partition coefficient (Wildman–Crippen LogP) is 2.88. The maximum absolute atomic E-state index is 5.17. The zero-order valence-electron chi connectivity index (χ0n) is 12.6. The summed E-state index contributed by atoms with van der Waals surface area (Å²) in [5, 5.41) is 12.7. The van der Waals surface area contributed by atoms with Crippen molar-refractivity contribution < 1.29 is 4.74 Å². The third-order valence-corrected chi connectivity index (χ3v) is 3.76. The zero-order valence-corrected chi connectivity index (χ0v) is 12.6. The normalized spacial score (nSPS) is 11.0. The van der Waals surface area contributed by atoms with Crippen LogP contribution in [0.1, 0.15) is 5.56 Å². The number of H-pyrrole nitrogens is 1. The zero-order chi connectivity index (χ0) is 15.6. The van der Waals surface area contributed by atoms with Crippen molar-refractivity contribution in [1.82, 2.24) is 25.0 Å². The summed E-state index contributed by atoms with van der Waals surface area (Å²) in [6.07, 6.45) is 5.58. The molecule has 0 saturated carbocycles. The molecule has 0 bridgehead atoms. The van der Waals surface area contributed by atoms with E-state index in [1.165, 1.54) is 0 Å². The van der Waals surface area contributed by atoms with Gasteiger partial charge in [0.2, 0.25) is 0 Å². The predicted molar refractivity (Wildman–Crippen MR) is 87.2 cm³/mol. The molecular weight excluding hydrogens is 290 g/mol. The Morgan fingerprint density at radius 3 is 2.87 bits per heavy atom. The van der Waals surface area contributed by atoms with Crippen LogP contribution in [-0.4, -0.2) is 32.1 Å². The van der Waals surface area contributed by atoms with E-state index in [0.29, 0.717) is 12.2 Å². The molecule has 4 rings (SSSR count). The van der Waals surface area contributed by atoms with Crippen LogP contribution in [0.4, 0.5) is 0 Å². The number of pyridine rings is 1. The van der Waals surface area contributed by atoms with Gasteiger partial charge in [0.1, 0.15) is 5.75 Å². The second-order valence-electron chi connectivity index (χ2n) is 5.25. The molecular formula is C17H15N5O. The van der Waals surface area contributed by atoms with Gasteiger partial charge >= 0.3 is 0 Å². The summed E-state index contributed by atoms with van der Waals surface area (Å²) in [4.78, 5) is 4.24. The lowest BCUT2D eigenvalue weighted by atomic mass is 10.2. The maximum Gasteiger partial charge on any atom is 0.181 e. The third kappa shape index (κ3) is 2.55. The first-order valence-corrected chi connectivity index (χ1v) is 7.28. The number of benzene rings is 1. The number of nitrogens with zero attached hydrogens (tertiary/aromatic N) is 4. The number of hydrogen-bond acceptors (Lipinski definition) is 4. The van der Waals surface area contributed by atoms with Crippen LogP contribution < -0.4 is 4.74 Å². The summed E-state index contributed by atoms with van der Waals surface area (Å²) in [6, 6.07) is 11.9. The summed E-state index contributed by atoms with van der Waals surface area (Å²) >= 11 is 0. The minimum atomic E-state index is 0.703. The van der Waals surface area contributed by atoms with Crippen LogP contribution in [-0.2, 0) is 6.54 Å². The van der Waals surface area contributed by atoms with Crippen molar-refractivity contribution in [3.63, 3.8) is 0 Å². The van der Waals surface area contributed by atoms with Crippen molar-refractivity contribution in [2.24, 2.45) is 0 Å². The maximum atomic E-state index is 5.17. The minimum Gasteiger partial charge on any atom is -0.497 e. The number of aromatic amines is 1. The quantitative estimate of drug-likeness (QED) is 0.629. The Bertz CT molecular complexity index is 939. The van der Waals surface area contributed by atoms with E-state index in [1.807, 2.05) is 53.5 Å². The molecule has 0 aliphatic heterocycles. The fourth-order valence-corrected chi connectivity index (χ4v) is 2.57. The number of nitrogens with one attached hydrogen (secondary N) is 1. The van der Waals surface area contributed by atoms with E-state index in [4.69, 9.17) is 4.74 Å². The van der Waals surface area contributed by atoms with Gasteiger partial charge in [0.25, 0.3) is 0 Å². The van der Waals surface area contributed by atoms with Gasteiger partial charge in [-0.05, 0) is 29.8 Å². The Kier molecular flexibility index (Phi) is 3.27. The van der Waals surface area contributed by atoms with Gasteiger partial charge in [-0.2, -0.15) is 10.2 Å². The number of methoxy groups -OCH3 is 1. The molecule has 0 atom stereocenters. The van der Waals surface area contributed by atoms with Crippen LogP contribution in [0.2, 0.25) is 0 Å². The van der Waals surface area contributed by atoms with Crippen molar-refractivity contribution in [3.05, 3.63) is 60.6 Å². The summed E-state index contributed by atoms with van der Waals surface area (Å²) in [5.41, 5.74) is 3.81. The van der Waals surface area contributed by atoms with Gasteiger partial charge in [-0.1, -0.05) is 12.1 Å². The molecule has 1 aromatic carbocycles. The van der Waals surface area contributed by atoms with Crippen molar-refractivity contribution >= 4 is 11.0 Å². The first kappa shape index (κ1) is 13.5. The fraction of sp³-hybridized carbons (Fsp3) is 0.118. The first-order chi connectivity index (χ1) is 11.3. The van der Waals surface area contributed by atoms with Crippen LogP contribution >= 0.6 is 0 Å². The van der Waals surface area contributed by atoms with E-state index in [9.17, 15) is 0 Å². The molecule has 114 valence electrons. The molecule has 0 saturated heterocycles. The summed E-state index contributed by atoms with van der Waals surface area (Å²) in [5.74, 6) is 0.853. The van der Waals surface area contributed by atoms with E-state index in [0.717, 1.165) is 28.0 Å². The minimum absolute atomic E-state index is 0.703. The average Bonchev–Trinajstić information content (AvgIpc) is 3.22. The Morgan fingerprint density at radius 1 is 1.17 bits per heavy atom. The lowest BCUT2D eigenvalue weighted by Crippen LogP contribution is -1.99. The van der Waals surface area contributed by atoms with Crippen LogP contribution in [0.3, 0.4) is 0 Å². The molecule has 6 nitrogen and oxygen atoms in total. The molecule has 23 heavy (non-hydrogen) atoms. The highest BCUT2D eigenvalue weighted by Crippen LogP contribution is 2.24. The van der Waals surface area contributed by atoms with Crippen molar-refractivity contribution in [2.75, 3.05) is 7.11 Å². The molecule has 6 heteroatoms. The van der Waals surface area contributed by atoms with Crippen LogP contribution in [0.25, 0.3) is 22.3 Å². The van der Waals surface area contributed by atoms with Crippen molar-refractivity contribution in [1.29, 1.82) is 0 Å². The molecule has 3 aromatic heterocycles. The highest BCUT2D eigenvalue weighted by Gasteiger charge is 2.10. The summed E-state index contributed by atoms with van der Waals surface area (Å²) in [6.45, 7) is 0.703. The molecule has 3 heterocycles. The Balaban J connectivity index is 1.61. The highest BCUT2D eigenvalue weighted by atomic mass is 16.5. The second-order valence-corrected chi connectivity index (χ2v) is 5.25. The van der Waals surface area contributed by atoms with E-state index in [2.05, 4.69) is 20.3 Å². The Hall–Kier alpha value is -3.15.